The molecule has 38 heavy (non-hydrogen) atoms. The molecule has 0 fully saturated rings. The summed E-state index contributed by atoms with van der Waals surface area (Å²) >= 11 is 6.81. The van der Waals surface area contributed by atoms with Gasteiger partial charge in [-0.25, -0.2) is 9.69 Å². The number of para-hydroxylation sites is 1. The van der Waals surface area contributed by atoms with Gasteiger partial charge in [0.25, 0.3) is 0 Å². The van der Waals surface area contributed by atoms with Gasteiger partial charge in [-0.15, -0.1) is 0 Å². The lowest BCUT2D eigenvalue weighted by molar-refractivity contribution is 0.0677. The zero-order valence-electron chi connectivity index (χ0n) is 20.4. The Morgan fingerprint density at radius 2 is 1.61 bits per heavy atom. The minimum Gasteiger partial charge on any atom is -0.444 e. The largest absolute Gasteiger partial charge is 0.444 e. The van der Waals surface area contributed by atoms with Crippen molar-refractivity contribution >= 4 is 43.5 Å². The number of amides is 1. The monoisotopic (exact) mass is 628 g/mol. The first kappa shape index (κ1) is 24.6. The molecule has 1 aliphatic rings. The number of aryl methyl sites for hydroxylation is 1. The number of hydrogen-bond acceptors (Lipinski definition) is 4. The van der Waals surface area contributed by atoms with Crippen LogP contribution in [-0.2, 0) is 0 Å². The van der Waals surface area contributed by atoms with Gasteiger partial charge >= 0.3 is 5.91 Å². The van der Waals surface area contributed by atoms with Crippen LogP contribution in [0.25, 0.3) is 16.9 Å². The van der Waals surface area contributed by atoms with Crippen LogP contribution in [0.2, 0.25) is 0 Å². The molecule has 6 nitrogen and oxygen atoms in total. The first-order valence-electron chi connectivity index (χ1n) is 12.1. The van der Waals surface area contributed by atoms with Crippen LogP contribution in [0.4, 0.5) is 0 Å². The highest BCUT2D eigenvalue weighted by atomic mass is 79.9. The highest BCUT2D eigenvalue weighted by Crippen LogP contribution is 2.39. The lowest BCUT2D eigenvalue weighted by atomic mass is 9.96. The van der Waals surface area contributed by atoms with Crippen LogP contribution in [-0.4, -0.2) is 26.4 Å². The number of carbonyl (C=O) groups is 1. The second kappa shape index (κ2) is 10.2. The molecule has 1 aliphatic heterocycles. The third-order valence-electron chi connectivity index (χ3n) is 6.53. The number of nitrogens with zero attached hydrogens (tertiary/aromatic N) is 4. The van der Waals surface area contributed by atoms with Crippen LogP contribution >= 0.6 is 31.9 Å². The maximum absolute atomic E-state index is 13.7. The summed E-state index contributed by atoms with van der Waals surface area (Å²) < 4.78 is 8.97. The molecule has 0 radical (unpaired) electrons. The second-order valence-electron chi connectivity index (χ2n) is 9.11. The van der Waals surface area contributed by atoms with Crippen molar-refractivity contribution in [3.05, 3.63) is 129 Å². The fourth-order valence-electron chi connectivity index (χ4n) is 4.58. The summed E-state index contributed by atoms with van der Waals surface area (Å²) in [6.45, 7) is 2.06. The number of hydrogen-bond donors (Lipinski definition) is 0. The number of hydrazone groups is 1. The molecular weight excluding hydrogens is 608 g/mol. The molecule has 8 heteroatoms. The minimum atomic E-state index is -0.376. The van der Waals surface area contributed by atoms with E-state index in [4.69, 9.17) is 14.6 Å². The predicted octanol–water partition coefficient (Wildman–Crippen LogP) is 7.96. The molecule has 5 aromatic rings. The number of aromatic nitrogens is 2. The Balaban J connectivity index is 1.49. The Morgan fingerprint density at radius 1 is 0.895 bits per heavy atom. The van der Waals surface area contributed by atoms with E-state index in [2.05, 4.69) is 63.0 Å². The summed E-state index contributed by atoms with van der Waals surface area (Å²) in [5.41, 5.74) is 6.58. The molecule has 6 rings (SSSR count). The van der Waals surface area contributed by atoms with Gasteiger partial charge in [-0.3, -0.25) is 4.79 Å². The van der Waals surface area contributed by atoms with Gasteiger partial charge in [-0.1, -0.05) is 76.1 Å². The zero-order valence-corrected chi connectivity index (χ0v) is 23.6. The number of benzene rings is 3. The van der Waals surface area contributed by atoms with Crippen molar-refractivity contribution in [1.29, 1.82) is 0 Å². The number of furan rings is 1. The Hall–Kier alpha value is -3.75. The van der Waals surface area contributed by atoms with E-state index in [0.717, 1.165) is 38.3 Å². The van der Waals surface area contributed by atoms with E-state index in [1.807, 2.05) is 65.5 Å². The van der Waals surface area contributed by atoms with Crippen molar-refractivity contribution in [1.82, 2.24) is 14.8 Å². The smallest absolute Gasteiger partial charge is 0.310 e. The molecule has 1 amide bonds. The van der Waals surface area contributed by atoms with Crippen molar-refractivity contribution in [3.63, 3.8) is 0 Å². The van der Waals surface area contributed by atoms with Crippen molar-refractivity contribution in [2.24, 2.45) is 5.10 Å². The van der Waals surface area contributed by atoms with Gasteiger partial charge in [0, 0.05) is 28.2 Å². The normalized spacial score (nSPS) is 15.1. The molecule has 0 spiro atoms. The van der Waals surface area contributed by atoms with Crippen LogP contribution in [0, 0.1) is 6.92 Å². The standard InChI is InChI=1S/C30H22Br2N4O2/c1-19-7-9-21(10-8-19)29-24(18-35(34-29)23-5-3-2-4-6-23)26-17-25(20-11-13-22(31)14-12-20)33-36(26)30(37)27-15-16-28(32)38-27/h2-16,18,26H,17H2,1H3. The van der Waals surface area contributed by atoms with Crippen LogP contribution < -0.4 is 0 Å². The number of halogens is 2. The molecule has 1 unspecified atom stereocenters. The van der Waals surface area contributed by atoms with Crippen LogP contribution in [0.5, 0.6) is 0 Å². The van der Waals surface area contributed by atoms with Crippen LogP contribution in [0.1, 0.15) is 39.7 Å². The molecule has 0 bridgehead atoms. The van der Waals surface area contributed by atoms with E-state index in [-0.39, 0.29) is 17.7 Å². The molecule has 0 saturated heterocycles. The summed E-state index contributed by atoms with van der Waals surface area (Å²) in [6.07, 6.45) is 2.54. The molecule has 3 aromatic carbocycles. The van der Waals surface area contributed by atoms with E-state index >= 15 is 0 Å². The zero-order chi connectivity index (χ0) is 26.2. The van der Waals surface area contributed by atoms with Crippen molar-refractivity contribution in [2.75, 3.05) is 0 Å². The summed E-state index contributed by atoms with van der Waals surface area (Å²) in [4.78, 5) is 13.7. The van der Waals surface area contributed by atoms with Gasteiger partial charge < -0.3 is 4.42 Å². The Morgan fingerprint density at radius 3 is 2.29 bits per heavy atom. The molecule has 0 N–H and O–H groups in total. The van der Waals surface area contributed by atoms with E-state index in [1.165, 1.54) is 10.6 Å². The highest BCUT2D eigenvalue weighted by molar-refractivity contribution is 9.10. The quantitative estimate of drug-likeness (QED) is 0.198. The second-order valence-corrected chi connectivity index (χ2v) is 10.8. The maximum atomic E-state index is 13.7. The molecule has 188 valence electrons. The van der Waals surface area contributed by atoms with Crippen molar-refractivity contribution in [3.8, 4) is 16.9 Å². The van der Waals surface area contributed by atoms with Gasteiger partial charge in [-0.2, -0.15) is 10.2 Å². The number of carbonyl (C=O) groups excluding carboxylic acids is 1. The molecule has 1 atom stereocenters. The van der Waals surface area contributed by atoms with Gasteiger partial charge in [0.15, 0.2) is 10.4 Å². The molecular formula is C30H22Br2N4O2. The lowest BCUT2D eigenvalue weighted by Gasteiger charge is -2.21. The van der Waals surface area contributed by atoms with Crippen LogP contribution in [0.15, 0.2) is 116 Å². The summed E-state index contributed by atoms with van der Waals surface area (Å²) in [5.74, 6) is -0.0925. The van der Waals surface area contributed by atoms with E-state index in [1.54, 1.807) is 12.1 Å². The fourth-order valence-corrected chi connectivity index (χ4v) is 5.15. The van der Waals surface area contributed by atoms with Gasteiger partial charge in [0.05, 0.1) is 23.1 Å². The average Bonchev–Trinajstić information content (AvgIpc) is 3.68. The minimum absolute atomic E-state index is 0.218. The fraction of sp³-hybridized carbons (Fsp3) is 0.100. The van der Waals surface area contributed by atoms with E-state index in [0.29, 0.717) is 11.1 Å². The topological polar surface area (TPSA) is 63.6 Å². The third-order valence-corrected chi connectivity index (χ3v) is 7.48. The molecule has 2 aromatic heterocycles. The molecule has 0 aliphatic carbocycles. The van der Waals surface area contributed by atoms with Crippen molar-refractivity contribution < 1.29 is 9.21 Å². The SMILES string of the molecule is Cc1ccc(-c2nn(-c3ccccc3)cc2C2CC(c3ccc(Br)cc3)=NN2C(=O)c2ccc(Br)o2)cc1. The predicted molar refractivity (Wildman–Crippen MR) is 154 cm³/mol. The third kappa shape index (κ3) is 4.77. The van der Waals surface area contributed by atoms with Gasteiger partial charge in [0.2, 0.25) is 0 Å². The number of rotatable bonds is 5. The summed E-state index contributed by atoms with van der Waals surface area (Å²) in [5, 5.41) is 11.4. The maximum Gasteiger partial charge on any atom is 0.310 e. The van der Waals surface area contributed by atoms with Crippen molar-refractivity contribution in [2.45, 2.75) is 19.4 Å². The Bertz CT molecular complexity index is 1640. The summed E-state index contributed by atoms with van der Waals surface area (Å²) in [6, 6.07) is 29.2. The Labute approximate surface area is 236 Å². The highest BCUT2D eigenvalue weighted by Gasteiger charge is 2.37. The summed E-state index contributed by atoms with van der Waals surface area (Å²) in [7, 11) is 0. The van der Waals surface area contributed by atoms with Gasteiger partial charge in [-0.05, 0) is 64.8 Å². The molecule has 0 saturated carbocycles. The van der Waals surface area contributed by atoms with Gasteiger partial charge in [0.1, 0.15) is 0 Å². The Kier molecular flexibility index (Phi) is 6.59. The lowest BCUT2D eigenvalue weighted by Crippen LogP contribution is -2.27. The van der Waals surface area contributed by atoms with E-state index in [9.17, 15) is 4.79 Å². The van der Waals surface area contributed by atoms with Crippen LogP contribution in [0.3, 0.4) is 0 Å². The molecule has 3 heterocycles. The first-order chi connectivity index (χ1) is 18.5. The first-order valence-corrected chi connectivity index (χ1v) is 13.7. The van der Waals surface area contributed by atoms with E-state index < -0.39 is 0 Å². The average molecular weight is 630 g/mol.